The molecule has 0 amide bonds. The van der Waals surface area contributed by atoms with E-state index in [1.807, 2.05) is 6.07 Å². The first-order chi connectivity index (χ1) is 3.39. The van der Waals surface area contributed by atoms with Gasteiger partial charge in [-0.25, -0.2) is 0 Å². The third-order valence-electron chi connectivity index (χ3n) is 0.800. The normalized spacial score (nSPS) is 7.62. The third kappa shape index (κ3) is 2.54. The summed E-state index contributed by atoms with van der Waals surface area (Å²) in [6.45, 7) is 0. The maximum atomic E-state index is 2.11. The fourth-order valence-electron chi connectivity index (χ4n) is 0.453. The van der Waals surface area contributed by atoms with Crippen molar-refractivity contribution < 1.29 is 0 Å². The average Bonchev–Trinajstić information content (AvgIpc) is 1.69. The van der Waals surface area contributed by atoms with Gasteiger partial charge in [-0.15, -0.1) is 17.0 Å². The van der Waals surface area contributed by atoms with Crippen molar-refractivity contribution in [2.24, 2.45) is 0 Å². The summed E-state index contributed by atoms with van der Waals surface area (Å²) in [4.78, 5) is 0. The number of hydrogen-bond acceptors (Lipinski definition) is 0. The third-order valence-corrected chi connectivity index (χ3v) is 1.61. The van der Waals surface area contributed by atoms with Crippen molar-refractivity contribution in [3.8, 4) is 0 Å². The van der Waals surface area contributed by atoms with E-state index in [1.165, 1.54) is 4.35 Å². The second-order valence-corrected chi connectivity index (χ2v) is 2.81. The molecule has 0 spiro atoms. The quantitative estimate of drug-likeness (QED) is 0.575. The van der Waals surface area contributed by atoms with Crippen LogP contribution >= 0.6 is 17.0 Å². The molecule has 0 aromatic heterocycles. The molecule has 1 aromatic rings. The van der Waals surface area contributed by atoms with Gasteiger partial charge in [0.15, 0.2) is 0 Å². The van der Waals surface area contributed by atoms with Gasteiger partial charge in [-0.05, 0) is 0 Å². The van der Waals surface area contributed by atoms with E-state index >= 15 is 0 Å². The van der Waals surface area contributed by atoms with Gasteiger partial charge in [0.05, 0.1) is 0 Å². The van der Waals surface area contributed by atoms with E-state index in [4.69, 9.17) is 0 Å². The number of hydrogen-bond donors (Lipinski definition) is 0. The van der Waals surface area contributed by atoms with Gasteiger partial charge in [0.2, 0.25) is 0 Å². The Labute approximate surface area is 68.6 Å². The molecule has 8 heavy (non-hydrogen) atoms. The molecule has 0 nitrogen and oxygen atoms in total. The van der Waals surface area contributed by atoms with Crippen molar-refractivity contribution in [3.05, 3.63) is 30.3 Å². The topological polar surface area (TPSA) is 0 Å². The van der Waals surface area contributed by atoms with Crippen molar-refractivity contribution in [1.29, 1.82) is 0 Å². The van der Waals surface area contributed by atoms with Crippen molar-refractivity contribution in [2.45, 2.75) is 0 Å². The molecule has 0 radical (unpaired) electrons. The molecule has 1 aromatic carbocycles. The standard InChI is InChI=1S/C6H7As.BrH/c7-6-4-2-1-3-5-6;/h1-5H,7H2;1H. The van der Waals surface area contributed by atoms with Crippen LogP contribution in [0, 0.1) is 0 Å². The molecule has 0 aliphatic carbocycles. The zero-order valence-corrected chi connectivity index (χ0v) is 8.51. The van der Waals surface area contributed by atoms with Crippen LogP contribution in [0.15, 0.2) is 30.3 Å². The van der Waals surface area contributed by atoms with Gasteiger partial charge in [-0.1, -0.05) is 0 Å². The van der Waals surface area contributed by atoms with Gasteiger partial charge in [-0.3, -0.25) is 0 Å². The summed E-state index contributed by atoms with van der Waals surface area (Å²) in [5, 5.41) is 0. The van der Waals surface area contributed by atoms with Crippen LogP contribution in [0.3, 0.4) is 0 Å². The molecular weight excluding hydrogens is 227 g/mol. The monoisotopic (exact) mass is 234 g/mol. The molecule has 0 bridgehead atoms. The molecule has 0 saturated heterocycles. The predicted octanol–water partition coefficient (Wildman–Crippen LogP) is 0.523. The molecule has 1 unspecified atom stereocenters. The number of rotatable bonds is 0. The van der Waals surface area contributed by atoms with E-state index < -0.39 is 0 Å². The SMILES string of the molecule is Br.[AsH2]c1ccccc1. The molecule has 0 aliphatic heterocycles. The van der Waals surface area contributed by atoms with Crippen LogP contribution in [0.25, 0.3) is 0 Å². The van der Waals surface area contributed by atoms with E-state index in [9.17, 15) is 0 Å². The first-order valence-electron chi connectivity index (χ1n) is 2.20. The van der Waals surface area contributed by atoms with Crippen molar-refractivity contribution in [3.63, 3.8) is 0 Å². The Hall–Kier alpha value is 0.258. The van der Waals surface area contributed by atoms with Crippen LogP contribution in [0.2, 0.25) is 0 Å². The molecule has 0 fully saturated rings. The van der Waals surface area contributed by atoms with Crippen LogP contribution < -0.4 is 4.35 Å². The van der Waals surface area contributed by atoms with Crippen molar-refractivity contribution >= 4 is 38.2 Å². The summed E-state index contributed by atoms with van der Waals surface area (Å²) in [6, 6.07) is 10.4. The van der Waals surface area contributed by atoms with E-state index in [1.54, 1.807) is 16.9 Å². The Balaban J connectivity index is 0.000000490. The van der Waals surface area contributed by atoms with E-state index in [0.717, 1.165) is 0 Å². The summed E-state index contributed by atoms with van der Waals surface area (Å²) in [5.74, 6) is 0. The summed E-state index contributed by atoms with van der Waals surface area (Å²) in [6.07, 6.45) is 0. The van der Waals surface area contributed by atoms with Gasteiger partial charge < -0.3 is 0 Å². The van der Waals surface area contributed by atoms with Gasteiger partial charge in [0.1, 0.15) is 0 Å². The van der Waals surface area contributed by atoms with Crippen LogP contribution in [-0.4, -0.2) is 16.9 Å². The number of halogens is 1. The molecule has 0 saturated carbocycles. The van der Waals surface area contributed by atoms with Crippen LogP contribution in [0.1, 0.15) is 0 Å². The first kappa shape index (κ1) is 8.26. The van der Waals surface area contributed by atoms with Crippen LogP contribution in [-0.2, 0) is 0 Å². The molecule has 1 rings (SSSR count). The molecule has 2 heteroatoms. The predicted molar refractivity (Wildman–Crippen MR) is 44.9 cm³/mol. The van der Waals surface area contributed by atoms with Gasteiger partial charge >= 0.3 is 51.5 Å². The van der Waals surface area contributed by atoms with E-state index in [-0.39, 0.29) is 17.0 Å². The molecular formula is C6H8AsBr. The van der Waals surface area contributed by atoms with Gasteiger partial charge in [0.25, 0.3) is 0 Å². The van der Waals surface area contributed by atoms with Crippen LogP contribution in [0.5, 0.6) is 0 Å². The Kier molecular flexibility index (Phi) is 4.30. The van der Waals surface area contributed by atoms with E-state index in [0.29, 0.717) is 0 Å². The molecule has 44 valence electrons. The molecule has 1 atom stereocenters. The zero-order valence-electron chi connectivity index (χ0n) is 4.37. The minimum atomic E-state index is 0. The molecule has 0 N–H and O–H groups in total. The van der Waals surface area contributed by atoms with Crippen molar-refractivity contribution in [1.82, 2.24) is 0 Å². The van der Waals surface area contributed by atoms with Crippen molar-refractivity contribution in [2.75, 3.05) is 0 Å². The fraction of sp³-hybridized carbons (Fsp3) is 0. The first-order valence-corrected chi connectivity index (χ1v) is 3.41. The second-order valence-electron chi connectivity index (χ2n) is 1.41. The Morgan fingerprint density at radius 1 is 1.00 bits per heavy atom. The van der Waals surface area contributed by atoms with Gasteiger partial charge in [0, 0.05) is 0 Å². The summed E-state index contributed by atoms with van der Waals surface area (Å²) < 4.78 is 1.38. The Morgan fingerprint density at radius 2 is 1.50 bits per heavy atom. The molecule has 0 heterocycles. The Morgan fingerprint density at radius 3 is 1.75 bits per heavy atom. The maximum absolute atomic E-state index is 2.11. The second kappa shape index (κ2) is 4.17. The van der Waals surface area contributed by atoms with E-state index in [2.05, 4.69) is 24.3 Å². The number of benzene rings is 1. The van der Waals surface area contributed by atoms with Crippen LogP contribution in [0.4, 0.5) is 0 Å². The van der Waals surface area contributed by atoms with Gasteiger partial charge in [-0.2, -0.15) is 0 Å². The fourth-order valence-corrected chi connectivity index (χ4v) is 0.919. The Bertz CT molecular complexity index is 138. The summed E-state index contributed by atoms with van der Waals surface area (Å²) in [7, 11) is 0. The zero-order chi connectivity index (χ0) is 5.11. The summed E-state index contributed by atoms with van der Waals surface area (Å²) >= 11 is 1.67. The molecule has 0 aliphatic rings. The summed E-state index contributed by atoms with van der Waals surface area (Å²) in [5.41, 5.74) is 0. The average molecular weight is 235 g/mol. The minimum absolute atomic E-state index is 0.